The van der Waals surface area contributed by atoms with E-state index in [-0.39, 0.29) is 0 Å². The van der Waals surface area contributed by atoms with Crippen LogP contribution in [0.2, 0.25) is 10.0 Å². The average molecular weight is 250 g/mol. The van der Waals surface area contributed by atoms with Crippen molar-refractivity contribution in [1.29, 1.82) is 0 Å². The zero-order valence-electron chi connectivity index (χ0n) is 8.67. The predicted octanol–water partition coefficient (Wildman–Crippen LogP) is 3.46. The van der Waals surface area contributed by atoms with Gasteiger partial charge in [-0.25, -0.2) is 0 Å². The SMILES string of the molecule is CCOC(OCC)c1c(Cl)cncc1Cl. The van der Waals surface area contributed by atoms with Crippen LogP contribution in [0.5, 0.6) is 0 Å². The molecule has 0 saturated heterocycles. The van der Waals surface area contributed by atoms with E-state index in [0.29, 0.717) is 28.8 Å². The normalized spacial score (nSPS) is 11.0. The first kappa shape index (κ1) is 12.7. The minimum atomic E-state index is -0.525. The van der Waals surface area contributed by atoms with Gasteiger partial charge in [-0.05, 0) is 13.8 Å². The van der Waals surface area contributed by atoms with Crippen LogP contribution in [0.3, 0.4) is 0 Å². The second-order valence-corrected chi connectivity index (χ2v) is 3.57. The van der Waals surface area contributed by atoms with Gasteiger partial charge in [0, 0.05) is 31.2 Å². The lowest BCUT2D eigenvalue weighted by atomic mass is 10.2. The Bertz CT molecular complexity index is 294. The van der Waals surface area contributed by atoms with Gasteiger partial charge in [-0.2, -0.15) is 0 Å². The van der Waals surface area contributed by atoms with Crippen LogP contribution in [0.25, 0.3) is 0 Å². The van der Waals surface area contributed by atoms with E-state index in [0.717, 1.165) is 0 Å². The topological polar surface area (TPSA) is 31.4 Å². The summed E-state index contributed by atoms with van der Waals surface area (Å²) in [5.41, 5.74) is 0.636. The van der Waals surface area contributed by atoms with Gasteiger partial charge >= 0.3 is 0 Å². The maximum atomic E-state index is 5.99. The summed E-state index contributed by atoms with van der Waals surface area (Å²) in [5.74, 6) is 0. The van der Waals surface area contributed by atoms with E-state index in [9.17, 15) is 0 Å². The molecule has 1 rings (SSSR count). The van der Waals surface area contributed by atoms with Crippen molar-refractivity contribution in [2.45, 2.75) is 20.1 Å². The van der Waals surface area contributed by atoms with E-state index in [4.69, 9.17) is 32.7 Å². The number of aromatic nitrogens is 1. The van der Waals surface area contributed by atoms with Gasteiger partial charge in [0.1, 0.15) is 0 Å². The lowest BCUT2D eigenvalue weighted by Crippen LogP contribution is -2.10. The van der Waals surface area contributed by atoms with Crippen LogP contribution in [0.4, 0.5) is 0 Å². The maximum Gasteiger partial charge on any atom is 0.186 e. The second kappa shape index (κ2) is 6.28. The highest BCUT2D eigenvalue weighted by molar-refractivity contribution is 6.35. The molecular weight excluding hydrogens is 237 g/mol. The number of ether oxygens (including phenoxy) is 2. The predicted molar refractivity (Wildman–Crippen MR) is 60.3 cm³/mol. The van der Waals surface area contributed by atoms with Crippen LogP contribution in [0.1, 0.15) is 25.7 Å². The third-order valence-electron chi connectivity index (χ3n) is 1.76. The third-order valence-corrected chi connectivity index (χ3v) is 2.36. The van der Waals surface area contributed by atoms with E-state index in [1.807, 2.05) is 13.8 Å². The largest absolute Gasteiger partial charge is 0.349 e. The van der Waals surface area contributed by atoms with E-state index in [1.165, 1.54) is 12.4 Å². The number of hydrogen-bond donors (Lipinski definition) is 0. The Morgan fingerprint density at radius 1 is 1.13 bits per heavy atom. The molecule has 0 fully saturated rings. The molecule has 0 N–H and O–H groups in total. The van der Waals surface area contributed by atoms with Gasteiger partial charge in [0.05, 0.1) is 10.0 Å². The van der Waals surface area contributed by atoms with Crippen molar-refractivity contribution in [1.82, 2.24) is 4.98 Å². The number of rotatable bonds is 5. The van der Waals surface area contributed by atoms with E-state index < -0.39 is 6.29 Å². The first-order valence-electron chi connectivity index (χ1n) is 4.72. The summed E-state index contributed by atoms with van der Waals surface area (Å²) in [6.45, 7) is 4.82. The molecule has 0 aliphatic rings. The van der Waals surface area contributed by atoms with Crippen LogP contribution < -0.4 is 0 Å². The Kier molecular flexibility index (Phi) is 5.32. The van der Waals surface area contributed by atoms with Crippen molar-refractivity contribution in [2.75, 3.05) is 13.2 Å². The molecule has 1 heterocycles. The molecule has 0 saturated carbocycles. The van der Waals surface area contributed by atoms with Gasteiger partial charge in [-0.1, -0.05) is 23.2 Å². The standard InChI is InChI=1S/C10H13Cl2NO2/c1-3-14-10(15-4-2)9-7(11)5-13-6-8(9)12/h5-6,10H,3-4H2,1-2H3. The first-order valence-corrected chi connectivity index (χ1v) is 5.48. The lowest BCUT2D eigenvalue weighted by molar-refractivity contribution is -0.140. The van der Waals surface area contributed by atoms with Crippen molar-refractivity contribution in [3.05, 3.63) is 28.0 Å². The molecule has 0 radical (unpaired) electrons. The van der Waals surface area contributed by atoms with Crippen molar-refractivity contribution >= 4 is 23.2 Å². The Labute approximate surface area is 99.3 Å². The second-order valence-electron chi connectivity index (χ2n) is 2.76. The van der Waals surface area contributed by atoms with Crippen LogP contribution in [0, 0.1) is 0 Å². The zero-order chi connectivity index (χ0) is 11.3. The summed E-state index contributed by atoms with van der Waals surface area (Å²) in [6, 6.07) is 0. The van der Waals surface area contributed by atoms with E-state index >= 15 is 0 Å². The van der Waals surface area contributed by atoms with Crippen molar-refractivity contribution in [3.63, 3.8) is 0 Å². The summed E-state index contributed by atoms with van der Waals surface area (Å²) in [4.78, 5) is 3.87. The Morgan fingerprint density at radius 3 is 2.00 bits per heavy atom. The smallest absolute Gasteiger partial charge is 0.186 e. The molecule has 0 spiro atoms. The molecule has 0 amide bonds. The molecule has 0 atom stereocenters. The quantitative estimate of drug-likeness (QED) is 0.750. The van der Waals surface area contributed by atoms with Gasteiger partial charge < -0.3 is 9.47 Å². The van der Waals surface area contributed by atoms with Crippen LogP contribution in [-0.4, -0.2) is 18.2 Å². The number of halogens is 2. The highest BCUT2D eigenvalue weighted by Crippen LogP contribution is 2.32. The summed E-state index contributed by atoms with van der Waals surface area (Å²) in [7, 11) is 0. The van der Waals surface area contributed by atoms with Crippen LogP contribution in [0.15, 0.2) is 12.4 Å². The fraction of sp³-hybridized carbons (Fsp3) is 0.500. The molecule has 1 aromatic heterocycles. The van der Waals surface area contributed by atoms with Crippen molar-refractivity contribution in [2.24, 2.45) is 0 Å². The summed E-state index contributed by atoms with van der Waals surface area (Å²) in [6.07, 6.45) is 2.52. The summed E-state index contributed by atoms with van der Waals surface area (Å²) >= 11 is 12.0. The molecule has 1 aromatic rings. The molecule has 0 unspecified atom stereocenters. The molecule has 0 aliphatic heterocycles. The average Bonchev–Trinajstić information content (AvgIpc) is 2.18. The Balaban J connectivity index is 2.98. The van der Waals surface area contributed by atoms with E-state index in [1.54, 1.807) is 0 Å². The van der Waals surface area contributed by atoms with Crippen molar-refractivity contribution in [3.8, 4) is 0 Å². The summed E-state index contributed by atoms with van der Waals surface area (Å²) < 4.78 is 10.8. The molecule has 84 valence electrons. The number of nitrogens with zero attached hydrogens (tertiary/aromatic N) is 1. The highest BCUT2D eigenvalue weighted by atomic mass is 35.5. The Hall–Kier alpha value is -0.350. The number of pyridine rings is 1. The van der Waals surface area contributed by atoms with Gasteiger partial charge in [0.2, 0.25) is 0 Å². The minimum Gasteiger partial charge on any atom is -0.349 e. The summed E-state index contributed by atoms with van der Waals surface area (Å²) in [5, 5.41) is 0.906. The fourth-order valence-corrected chi connectivity index (χ4v) is 1.71. The minimum absolute atomic E-state index is 0.453. The van der Waals surface area contributed by atoms with Gasteiger partial charge in [-0.15, -0.1) is 0 Å². The monoisotopic (exact) mass is 249 g/mol. The first-order chi connectivity index (χ1) is 7.20. The number of hydrogen-bond acceptors (Lipinski definition) is 3. The lowest BCUT2D eigenvalue weighted by Gasteiger charge is -2.19. The Morgan fingerprint density at radius 2 is 1.60 bits per heavy atom. The van der Waals surface area contributed by atoms with E-state index in [2.05, 4.69) is 4.98 Å². The maximum absolute atomic E-state index is 5.99. The van der Waals surface area contributed by atoms with Gasteiger partial charge in [0.15, 0.2) is 6.29 Å². The van der Waals surface area contributed by atoms with Crippen LogP contribution in [-0.2, 0) is 9.47 Å². The zero-order valence-corrected chi connectivity index (χ0v) is 10.2. The van der Waals surface area contributed by atoms with Gasteiger partial charge in [-0.3, -0.25) is 4.98 Å². The van der Waals surface area contributed by atoms with Crippen molar-refractivity contribution < 1.29 is 9.47 Å². The molecular formula is C10H13Cl2NO2. The molecule has 5 heteroatoms. The fourth-order valence-electron chi connectivity index (χ4n) is 1.16. The molecule has 0 aromatic carbocycles. The molecule has 0 aliphatic carbocycles. The van der Waals surface area contributed by atoms with Gasteiger partial charge in [0.25, 0.3) is 0 Å². The van der Waals surface area contributed by atoms with Crippen LogP contribution >= 0.6 is 23.2 Å². The molecule has 3 nitrogen and oxygen atoms in total. The molecule has 0 bridgehead atoms. The highest BCUT2D eigenvalue weighted by Gasteiger charge is 2.18. The molecule has 15 heavy (non-hydrogen) atoms. The third kappa shape index (κ3) is 3.31.